The maximum absolute atomic E-state index is 13.1. The van der Waals surface area contributed by atoms with Gasteiger partial charge in [-0.3, -0.25) is 4.79 Å². The van der Waals surface area contributed by atoms with Crippen LogP contribution in [0.4, 0.5) is 5.69 Å². The van der Waals surface area contributed by atoms with E-state index in [0.29, 0.717) is 31.6 Å². The van der Waals surface area contributed by atoms with E-state index in [0.717, 1.165) is 19.3 Å². The number of hydrogen-bond donors (Lipinski definition) is 1. The van der Waals surface area contributed by atoms with E-state index in [9.17, 15) is 21.6 Å². The lowest BCUT2D eigenvalue weighted by molar-refractivity contribution is -0.120. The zero-order chi connectivity index (χ0) is 22.8. The van der Waals surface area contributed by atoms with Crippen LogP contribution in [0.15, 0.2) is 64.4 Å². The van der Waals surface area contributed by atoms with Crippen LogP contribution in [-0.4, -0.2) is 57.0 Å². The van der Waals surface area contributed by atoms with Crippen LogP contribution >= 0.6 is 0 Å². The Balaban J connectivity index is 1.55. The first-order chi connectivity index (χ1) is 15.3. The van der Waals surface area contributed by atoms with Gasteiger partial charge in [-0.25, -0.2) is 16.8 Å². The number of benzene rings is 2. The first-order valence-electron chi connectivity index (χ1n) is 10.8. The first kappa shape index (κ1) is 22.9. The number of carbonyl (C=O) groups is 1. The predicted molar refractivity (Wildman–Crippen MR) is 121 cm³/mol. The van der Waals surface area contributed by atoms with E-state index in [4.69, 9.17) is 0 Å². The molecule has 2 saturated heterocycles. The summed E-state index contributed by atoms with van der Waals surface area (Å²) in [5, 5.41) is 2.74. The fraction of sp³-hybridized carbons (Fsp3) is 0.409. The lowest BCUT2D eigenvalue weighted by atomic mass is 10.0. The van der Waals surface area contributed by atoms with Crippen molar-refractivity contribution >= 4 is 31.6 Å². The van der Waals surface area contributed by atoms with Crippen molar-refractivity contribution in [2.75, 3.05) is 25.0 Å². The molecule has 0 aliphatic carbocycles. The minimum absolute atomic E-state index is 0.120. The quantitative estimate of drug-likeness (QED) is 0.689. The summed E-state index contributed by atoms with van der Waals surface area (Å²) in [6.45, 7) is 1.25. The summed E-state index contributed by atoms with van der Waals surface area (Å²) in [6, 6.07) is 13.4. The average molecular weight is 478 g/mol. The maximum Gasteiger partial charge on any atom is 0.243 e. The van der Waals surface area contributed by atoms with Crippen LogP contribution in [-0.2, 0) is 24.8 Å². The molecule has 2 aromatic rings. The van der Waals surface area contributed by atoms with Crippen LogP contribution in [0.25, 0.3) is 0 Å². The largest absolute Gasteiger partial charge is 0.325 e. The molecule has 32 heavy (non-hydrogen) atoms. The third-order valence-electron chi connectivity index (χ3n) is 5.91. The Hall–Kier alpha value is -2.27. The second kappa shape index (κ2) is 9.30. The second-order valence-electron chi connectivity index (χ2n) is 8.07. The minimum Gasteiger partial charge on any atom is -0.325 e. The lowest BCUT2D eigenvalue weighted by Crippen LogP contribution is -2.49. The van der Waals surface area contributed by atoms with Gasteiger partial charge in [-0.15, -0.1) is 0 Å². The Bertz CT molecular complexity index is 1180. The zero-order valence-electron chi connectivity index (χ0n) is 17.7. The molecule has 0 radical (unpaired) electrons. The van der Waals surface area contributed by atoms with E-state index < -0.39 is 32.0 Å². The Kier molecular flexibility index (Phi) is 6.66. The molecule has 2 aliphatic heterocycles. The fourth-order valence-electron chi connectivity index (χ4n) is 4.22. The fourth-order valence-corrected chi connectivity index (χ4v) is 7.46. The monoisotopic (exact) mass is 477 g/mol. The summed E-state index contributed by atoms with van der Waals surface area (Å²) in [7, 11) is -7.44. The average Bonchev–Trinajstić information content (AvgIpc) is 3.36. The van der Waals surface area contributed by atoms with Gasteiger partial charge in [-0.2, -0.15) is 8.61 Å². The molecular weight excluding hydrogens is 450 g/mol. The number of rotatable bonds is 6. The molecule has 8 nitrogen and oxygen atoms in total. The van der Waals surface area contributed by atoms with Gasteiger partial charge in [0.15, 0.2) is 0 Å². The number of sulfonamides is 2. The third kappa shape index (κ3) is 4.59. The highest BCUT2D eigenvalue weighted by atomic mass is 32.2. The van der Waals surface area contributed by atoms with Crippen molar-refractivity contribution in [1.29, 1.82) is 0 Å². The summed E-state index contributed by atoms with van der Waals surface area (Å²) in [4.78, 5) is 13.4. The summed E-state index contributed by atoms with van der Waals surface area (Å²) >= 11 is 0. The highest BCUT2D eigenvalue weighted by Crippen LogP contribution is 2.27. The van der Waals surface area contributed by atoms with Crippen molar-refractivity contribution in [3.05, 3.63) is 54.6 Å². The lowest BCUT2D eigenvalue weighted by Gasteiger charge is -2.33. The van der Waals surface area contributed by atoms with Crippen LogP contribution in [0.3, 0.4) is 0 Å². The molecule has 1 unspecified atom stereocenters. The normalized spacial score (nSPS) is 20.8. The van der Waals surface area contributed by atoms with E-state index in [-0.39, 0.29) is 16.3 Å². The number of hydrogen-bond acceptors (Lipinski definition) is 5. The van der Waals surface area contributed by atoms with E-state index >= 15 is 0 Å². The van der Waals surface area contributed by atoms with Crippen LogP contribution in [0.2, 0.25) is 0 Å². The minimum atomic E-state index is -3.82. The first-order valence-corrected chi connectivity index (χ1v) is 13.7. The number of piperidine rings is 1. The van der Waals surface area contributed by atoms with Crippen LogP contribution in [0.1, 0.15) is 32.1 Å². The molecule has 0 saturated carbocycles. The van der Waals surface area contributed by atoms with Crippen molar-refractivity contribution < 1.29 is 21.6 Å². The smallest absolute Gasteiger partial charge is 0.243 e. The van der Waals surface area contributed by atoms with Gasteiger partial charge >= 0.3 is 0 Å². The van der Waals surface area contributed by atoms with Crippen molar-refractivity contribution in [3.63, 3.8) is 0 Å². The number of nitrogens with zero attached hydrogens (tertiary/aromatic N) is 2. The number of amides is 1. The summed E-state index contributed by atoms with van der Waals surface area (Å²) in [5.41, 5.74) is 0.331. The molecule has 2 heterocycles. The molecule has 4 rings (SSSR count). The summed E-state index contributed by atoms with van der Waals surface area (Å²) in [5.74, 6) is -0.458. The van der Waals surface area contributed by atoms with E-state index in [2.05, 4.69) is 5.32 Å². The topological polar surface area (TPSA) is 104 Å². The van der Waals surface area contributed by atoms with Crippen LogP contribution in [0, 0.1) is 0 Å². The molecule has 2 aliphatic rings. The Morgan fingerprint density at radius 3 is 2.16 bits per heavy atom. The molecule has 0 aromatic heterocycles. The summed E-state index contributed by atoms with van der Waals surface area (Å²) < 4.78 is 54.7. The van der Waals surface area contributed by atoms with Gasteiger partial charge in [0.05, 0.1) is 9.79 Å². The van der Waals surface area contributed by atoms with Gasteiger partial charge in [-0.05, 0) is 56.0 Å². The highest BCUT2D eigenvalue weighted by molar-refractivity contribution is 7.89. The van der Waals surface area contributed by atoms with E-state index in [1.165, 1.54) is 32.9 Å². The van der Waals surface area contributed by atoms with Crippen LogP contribution < -0.4 is 5.32 Å². The van der Waals surface area contributed by atoms with Gasteiger partial charge in [0.25, 0.3) is 0 Å². The molecule has 10 heteroatoms. The maximum atomic E-state index is 13.1. The SMILES string of the molecule is O=C(Nc1cccc(S(=O)(=O)N2CCCC2)c1)C1CCCCN1S(=O)(=O)c1ccccc1. The zero-order valence-corrected chi connectivity index (χ0v) is 19.3. The standard InChI is InChI=1S/C22H27N3O5S2/c26-22(21-13-4-5-16-25(21)32(29,30)19-10-2-1-3-11-19)23-18-9-8-12-20(17-18)31(27,28)24-14-6-7-15-24/h1-3,8-12,17,21H,4-7,13-16H2,(H,23,26). The molecule has 1 atom stereocenters. The molecule has 2 aromatic carbocycles. The molecule has 2 fully saturated rings. The Labute approximate surface area is 189 Å². The van der Waals surface area contributed by atoms with Crippen molar-refractivity contribution in [1.82, 2.24) is 8.61 Å². The number of nitrogens with one attached hydrogen (secondary N) is 1. The molecule has 172 valence electrons. The highest BCUT2D eigenvalue weighted by Gasteiger charge is 2.37. The predicted octanol–water partition coefficient (Wildman–Crippen LogP) is 2.65. The van der Waals surface area contributed by atoms with Gasteiger partial charge in [0.2, 0.25) is 26.0 Å². The van der Waals surface area contributed by atoms with Gasteiger partial charge in [0, 0.05) is 25.3 Å². The number of carbonyl (C=O) groups excluding carboxylic acids is 1. The van der Waals surface area contributed by atoms with Gasteiger partial charge in [-0.1, -0.05) is 30.7 Å². The van der Waals surface area contributed by atoms with E-state index in [1.807, 2.05) is 0 Å². The van der Waals surface area contributed by atoms with Crippen molar-refractivity contribution in [3.8, 4) is 0 Å². The molecule has 1 N–H and O–H groups in total. The van der Waals surface area contributed by atoms with E-state index in [1.54, 1.807) is 30.3 Å². The summed E-state index contributed by atoms with van der Waals surface area (Å²) in [6.07, 6.45) is 3.50. The molecule has 0 bridgehead atoms. The molecule has 0 spiro atoms. The Morgan fingerprint density at radius 1 is 0.781 bits per heavy atom. The van der Waals surface area contributed by atoms with Gasteiger partial charge in [0.1, 0.15) is 6.04 Å². The molecule has 1 amide bonds. The van der Waals surface area contributed by atoms with Crippen LogP contribution in [0.5, 0.6) is 0 Å². The third-order valence-corrected chi connectivity index (χ3v) is 9.73. The second-order valence-corrected chi connectivity index (χ2v) is 11.9. The van der Waals surface area contributed by atoms with Crippen molar-refractivity contribution in [2.24, 2.45) is 0 Å². The number of anilines is 1. The van der Waals surface area contributed by atoms with Gasteiger partial charge < -0.3 is 5.32 Å². The Morgan fingerprint density at radius 2 is 1.44 bits per heavy atom. The van der Waals surface area contributed by atoms with Crippen molar-refractivity contribution in [2.45, 2.75) is 47.9 Å². The molecular formula is C22H27N3O5S2.